The van der Waals surface area contributed by atoms with Gasteiger partial charge in [0.1, 0.15) is 0 Å². The maximum Gasteiger partial charge on any atom is -0.0200 e. The van der Waals surface area contributed by atoms with Crippen LogP contribution >= 0.6 is 0 Å². The Labute approximate surface area is 97.8 Å². The van der Waals surface area contributed by atoms with Gasteiger partial charge in [-0.1, -0.05) is 68.2 Å². The molecule has 0 aromatic rings. The third kappa shape index (κ3) is 2.57. The summed E-state index contributed by atoms with van der Waals surface area (Å²) < 4.78 is 0. The van der Waals surface area contributed by atoms with Crippen molar-refractivity contribution in [3.63, 3.8) is 0 Å². The van der Waals surface area contributed by atoms with Crippen LogP contribution in [0.5, 0.6) is 0 Å². The largest absolute Gasteiger partial charge is 0.0651 e. The summed E-state index contributed by atoms with van der Waals surface area (Å²) in [7, 11) is 0. The second-order valence-electron chi connectivity index (χ2n) is 5.98. The number of rotatable bonds is 6. The molecule has 0 unspecified atom stereocenters. The van der Waals surface area contributed by atoms with E-state index in [1.807, 2.05) is 0 Å². The molecule has 92 valence electrons. The van der Waals surface area contributed by atoms with Gasteiger partial charge < -0.3 is 0 Å². The summed E-state index contributed by atoms with van der Waals surface area (Å²) in [6, 6.07) is 0. The molecule has 0 N–H and O–H groups in total. The molecule has 0 aromatic heterocycles. The summed E-state index contributed by atoms with van der Waals surface area (Å²) in [5.41, 5.74) is 0.517. The van der Waals surface area contributed by atoms with Crippen molar-refractivity contribution in [2.45, 2.75) is 68.2 Å². The molecule has 0 heteroatoms. The molecule has 0 saturated heterocycles. The number of hydrogen-bond acceptors (Lipinski definition) is 0. The van der Waals surface area contributed by atoms with Gasteiger partial charge >= 0.3 is 0 Å². The lowest BCUT2D eigenvalue weighted by Crippen LogP contribution is -2.44. The quantitative estimate of drug-likeness (QED) is 0.554. The van der Waals surface area contributed by atoms with Gasteiger partial charge in [-0.25, -0.2) is 0 Å². The van der Waals surface area contributed by atoms with Gasteiger partial charge in [0.15, 0.2) is 0 Å². The van der Waals surface area contributed by atoms with Crippen LogP contribution in [0.15, 0.2) is 0 Å². The molecule has 0 heterocycles. The monoisotopic (exact) mass is 212 g/mol. The van der Waals surface area contributed by atoms with Gasteiger partial charge in [-0.3, -0.25) is 0 Å². The van der Waals surface area contributed by atoms with E-state index in [9.17, 15) is 0 Å². The minimum absolute atomic E-state index is 0.517. The molecule has 0 saturated carbocycles. The molecular weight excluding hydrogens is 180 g/mol. The summed E-state index contributed by atoms with van der Waals surface area (Å²) in [5.74, 6) is 3.21. The maximum atomic E-state index is 2.42. The topological polar surface area (TPSA) is 0 Å². The third-order valence-corrected chi connectivity index (χ3v) is 4.69. The highest BCUT2D eigenvalue weighted by Gasteiger charge is 2.44. The molecule has 0 radical (unpaired) electrons. The van der Waals surface area contributed by atoms with Crippen molar-refractivity contribution >= 4 is 0 Å². The maximum absolute atomic E-state index is 2.42. The molecule has 0 aliphatic rings. The fraction of sp³-hybridized carbons (Fsp3) is 1.00. The lowest BCUT2D eigenvalue weighted by molar-refractivity contribution is -0.0234. The van der Waals surface area contributed by atoms with Crippen molar-refractivity contribution in [3.8, 4) is 0 Å². The van der Waals surface area contributed by atoms with Gasteiger partial charge in [0.2, 0.25) is 0 Å². The van der Waals surface area contributed by atoms with Crippen LogP contribution in [0.4, 0.5) is 0 Å². The summed E-state index contributed by atoms with van der Waals surface area (Å²) in [4.78, 5) is 0. The lowest BCUT2D eigenvalue weighted by atomic mass is 9.54. The highest BCUT2D eigenvalue weighted by molar-refractivity contribution is 4.93. The van der Waals surface area contributed by atoms with Crippen LogP contribution in [0.3, 0.4) is 0 Å². The lowest BCUT2D eigenvalue weighted by Gasteiger charge is -2.51. The third-order valence-electron chi connectivity index (χ3n) is 4.69. The first-order chi connectivity index (χ1) is 6.85. The number of hydrogen-bond donors (Lipinski definition) is 0. The molecule has 0 spiro atoms. The van der Waals surface area contributed by atoms with Crippen molar-refractivity contribution in [3.05, 3.63) is 0 Å². The summed E-state index contributed by atoms with van der Waals surface area (Å²) >= 11 is 0. The standard InChI is InChI=1S/C15H32/c1-9-14(10-2)15(11(3)4,12(5)6)13(7)8/h11-14H,9-10H2,1-8H3. The average molecular weight is 212 g/mol. The van der Waals surface area contributed by atoms with Crippen molar-refractivity contribution in [1.29, 1.82) is 0 Å². The molecule has 0 amide bonds. The van der Waals surface area contributed by atoms with E-state index in [-0.39, 0.29) is 0 Å². The average Bonchev–Trinajstić information content (AvgIpc) is 2.11. The molecule has 0 aromatic carbocycles. The van der Waals surface area contributed by atoms with Gasteiger partial charge in [-0.05, 0) is 29.1 Å². The zero-order chi connectivity index (χ0) is 12.2. The van der Waals surface area contributed by atoms with Gasteiger partial charge in [-0.15, -0.1) is 0 Å². The zero-order valence-electron chi connectivity index (χ0n) is 12.2. The Kier molecular flexibility index (Phi) is 5.92. The summed E-state index contributed by atoms with van der Waals surface area (Å²) in [5, 5.41) is 0. The highest BCUT2D eigenvalue weighted by atomic mass is 14.5. The zero-order valence-corrected chi connectivity index (χ0v) is 12.2. The van der Waals surface area contributed by atoms with E-state index in [0.717, 1.165) is 23.7 Å². The van der Waals surface area contributed by atoms with Gasteiger partial charge in [0.05, 0.1) is 0 Å². The first-order valence-corrected chi connectivity index (χ1v) is 6.85. The van der Waals surface area contributed by atoms with E-state index in [0.29, 0.717) is 5.41 Å². The Bertz CT molecular complexity index is 139. The predicted molar refractivity (Wildman–Crippen MR) is 71.0 cm³/mol. The van der Waals surface area contributed by atoms with E-state index in [2.05, 4.69) is 55.4 Å². The van der Waals surface area contributed by atoms with Gasteiger partial charge in [0.25, 0.3) is 0 Å². The molecule has 0 rings (SSSR count). The molecule has 0 nitrogen and oxygen atoms in total. The van der Waals surface area contributed by atoms with Crippen molar-refractivity contribution < 1.29 is 0 Å². The van der Waals surface area contributed by atoms with E-state index in [1.165, 1.54) is 12.8 Å². The molecule has 0 atom stereocenters. The minimum Gasteiger partial charge on any atom is -0.0651 e. The minimum atomic E-state index is 0.517. The normalized spacial score (nSPS) is 13.6. The van der Waals surface area contributed by atoms with Crippen molar-refractivity contribution in [2.75, 3.05) is 0 Å². The second kappa shape index (κ2) is 5.92. The van der Waals surface area contributed by atoms with Crippen LogP contribution in [-0.4, -0.2) is 0 Å². The van der Waals surface area contributed by atoms with Crippen LogP contribution in [0, 0.1) is 29.1 Å². The SMILES string of the molecule is CCC(CC)C(C(C)C)(C(C)C)C(C)C. The molecule has 15 heavy (non-hydrogen) atoms. The van der Waals surface area contributed by atoms with Crippen molar-refractivity contribution in [1.82, 2.24) is 0 Å². The Morgan fingerprint density at radius 1 is 0.667 bits per heavy atom. The Morgan fingerprint density at radius 3 is 1.00 bits per heavy atom. The van der Waals surface area contributed by atoms with Crippen LogP contribution in [0.2, 0.25) is 0 Å². The van der Waals surface area contributed by atoms with E-state index in [4.69, 9.17) is 0 Å². The molecule has 0 aliphatic heterocycles. The van der Waals surface area contributed by atoms with Crippen LogP contribution in [0.1, 0.15) is 68.2 Å². The van der Waals surface area contributed by atoms with E-state index >= 15 is 0 Å². The summed E-state index contributed by atoms with van der Waals surface area (Å²) in [6.45, 7) is 19.2. The predicted octanol–water partition coefficient (Wildman–Crippen LogP) is 5.38. The van der Waals surface area contributed by atoms with Gasteiger partial charge in [0, 0.05) is 0 Å². The summed E-state index contributed by atoms with van der Waals surface area (Å²) in [6.07, 6.45) is 2.65. The van der Waals surface area contributed by atoms with E-state index in [1.54, 1.807) is 0 Å². The Morgan fingerprint density at radius 2 is 0.933 bits per heavy atom. The second-order valence-corrected chi connectivity index (χ2v) is 5.98. The smallest absolute Gasteiger partial charge is 0.0200 e. The van der Waals surface area contributed by atoms with Crippen LogP contribution in [0.25, 0.3) is 0 Å². The molecular formula is C15H32. The molecule has 0 fully saturated rings. The Hall–Kier alpha value is 0. The Balaban J connectivity index is 5.29. The van der Waals surface area contributed by atoms with Crippen molar-refractivity contribution in [2.24, 2.45) is 29.1 Å². The van der Waals surface area contributed by atoms with Crippen LogP contribution < -0.4 is 0 Å². The van der Waals surface area contributed by atoms with E-state index < -0.39 is 0 Å². The first-order valence-electron chi connectivity index (χ1n) is 6.85. The molecule has 0 aliphatic carbocycles. The molecule has 0 bridgehead atoms. The van der Waals surface area contributed by atoms with Crippen LogP contribution in [-0.2, 0) is 0 Å². The first kappa shape index (κ1) is 15.0. The highest BCUT2D eigenvalue weighted by Crippen LogP contribution is 2.51. The van der Waals surface area contributed by atoms with Gasteiger partial charge in [-0.2, -0.15) is 0 Å². The fourth-order valence-electron chi connectivity index (χ4n) is 4.41. The fourth-order valence-corrected chi connectivity index (χ4v) is 4.41.